The highest BCUT2D eigenvalue weighted by Gasteiger charge is 2.18. The summed E-state index contributed by atoms with van der Waals surface area (Å²) in [6.45, 7) is 4.69. The van der Waals surface area contributed by atoms with Crippen LogP contribution in [0.25, 0.3) is 11.2 Å². The highest BCUT2D eigenvalue weighted by Crippen LogP contribution is 2.27. The maximum absolute atomic E-state index is 5.81. The van der Waals surface area contributed by atoms with Crippen LogP contribution < -0.4 is 5.32 Å². The monoisotopic (exact) mass is 390 g/mol. The highest BCUT2D eigenvalue weighted by molar-refractivity contribution is 5.68. The van der Waals surface area contributed by atoms with E-state index in [-0.39, 0.29) is 0 Å². The third kappa shape index (κ3) is 4.17. The molecule has 0 aromatic carbocycles. The topological polar surface area (TPSA) is 60.7 Å². The van der Waals surface area contributed by atoms with Gasteiger partial charge in [0.05, 0.1) is 18.6 Å². The number of hydrogen-bond donors (Lipinski definition) is 1. The zero-order valence-corrected chi connectivity index (χ0v) is 17.1. The number of allylic oxidation sites excluding steroid dienone is 7. The largest absolute Gasteiger partial charge is 0.501 e. The molecule has 0 saturated heterocycles. The van der Waals surface area contributed by atoms with Crippen molar-refractivity contribution in [3.05, 3.63) is 77.9 Å². The summed E-state index contributed by atoms with van der Waals surface area (Å²) in [5.41, 5.74) is 3.57. The summed E-state index contributed by atoms with van der Waals surface area (Å²) in [5.74, 6) is 1.56. The molecule has 6 heteroatoms. The third-order valence-corrected chi connectivity index (χ3v) is 5.07. The van der Waals surface area contributed by atoms with E-state index in [4.69, 9.17) is 14.6 Å². The zero-order valence-electron chi connectivity index (χ0n) is 17.1. The molecule has 0 fully saturated rings. The second-order valence-corrected chi connectivity index (χ2v) is 7.20. The molecule has 2 aromatic heterocycles. The molecular formula is C23H26N4O2. The van der Waals surface area contributed by atoms with Gasteiger partial charge in [0.1, 0.15) is 5.60 Å². The fraction of sp³-hybridized carbons (Fsp3) is 0.304. The molecule has 0 bridgehead atoms. The van der Waals surface area contributed by atoms with E-state index in [0.717, 1.165) is 35.6 Å². The van der Waals surface area contributed by atoms with E-state index < -0.39 is 5.60 Å². The van der Waals surface area contributed by atoms with Gasteiger partial charge < -0.3 is 14.8 Å². The van der Waals surface area contributed by atoms with Crippen molar-refractivity contribution in [1.82, 2.24) is 14.6 Å². The molecule has 0 spiro atoms. The van der Waals surface area contributed by atoms with Crippen LogP contribution in [-0.2, 0) is 9.47 Å². The van der Waals surface area contributed by atoms with Crippen LogP contribution in [0.5, 0.6) is 0 Å². The van der Waals surface area contributed by atoms with Gasteiger partial charge in [0.25, 0.3) is 0 Å². The molecule has 2 aliphatic carbocycles. The van der Waals surface area contributed by atoms with Crippen molar-refractivity contribution in [3.63, 3.8) is 0 Å². The maximum atomic E-state index is 5.81. The fourth-order valence-corrected chi connectivity index (χ4v) is 3.53. The van der Waals surface area contributed by atoms with Crippen molar-refractivity contribution in [3.8, 4) is 0 Å². The first-order chi connectivity index (χ1) is 14.1. The van der Waals surface area contributed by atoms with Gasteiger partial charge in [-0.1, -0.05) is 18.2 Å². The first-order valence-corrected chi connectivity index (χ1v) is 9.90. The summed E-state index contributed by atoms with van der Waals surface area (Å²) < 4.78 is 13.0. The quantitative estimate of drug-likeness (QED) is 0.778. The predicted molar refractivity (Wildman–Crippen MR) is 115 cm³/mol. The fourth-order valence-electron chi connectivity index (χ4n) is 3.53. The summed E-state index contributed by atoms with van der Waals surface area (Å²) in [7, 11) is 1.71. The molecule has 1 atom stereocenters. The number of pyridine rings is 1. The van der Waals surface area contributed by atoms with E-state index in [1.807, 2.05) is 67.0 Å². The van der Waals surface area contributed by atoms with Crippen LogP contribution in [-0.4, -0.2) is 33.9 Å². The molecule has 0 amide bonds. The number of ether oxygens (including phenoxy) is 2. The number of aromatic nitrogens is 3. The van der Waals surface area contributed by atoms with Gasteiger partial charge in [-0.15, -0.1) is 5.10 Å². The lowest BCUT2D eigenvalue weighted by molar-refractivity contribution is 0.0510. The molecular weight excluding hydrogens is 364 g/mol. The molecule has 1 N–H and O–H groups in total. The van der Waals surface area contributed by atoms with Gasteiger partial charge in [0, 0.05) is 18.7 Å². The molecule has 0 radical (unpaired) electrons. The van der Waals surface area contributed by atoms with Crippen LogP contribution in [0.4, 0.5) is 5.95 Å². The van der Waals surface area contributed by atoms with Crippen LogP contribution in [0.1, 0.15) is 32.4 Å². The van der Waals surface area contributed by atoms with Crippen LogP contribution in [0.2, 0.25) is 0 Å². The normalized spacial score (nSPS) is 21.4. The lowest BCUT2D eigenvalue weighted by Crippen LogP contribution is -2.22. The van der Waals surface area contributed by atoms with Gasteiger partial charge in [-0.25, -0.2) is 4.52 Å². The van der Waals surface area contributed by atoms with Crippen molar-refractivity contribution in [2.45, 2.75) is 32.3 Å². The van der Waals surface area contributed by atoms with Crippen molar-refractivity contribution in [2.75, 3.05) is 19.0 Å². The van der Waals surface area contributed by atoms with E-state index in [9.17, 15) is 0 Å². The summed E-state index contributed by atoms with van der Waals surface area (Å²) in [4.78, 5) is 4.64. The minimum atomic E-state index is -0.407. The molecule has 1 unspecified atom stereocenters. The smallest absolute Gasteiger partial charge is 0.247 e. The second-order valence-electron chi connectivity index (χ2n) is 7.20. The molecule has 2 heterocycles. The molecule has 150 valence electrons. The predicted octanol–water partition coefficient (Wildman–Crippen LogP) is 4.65. The van der Waals surface area contributed by atoms with Gasteiger partial charge in [-0.2, -0.15) is 4.98 Å². The SMILES string of the molecule is CCOC1(C)C=CC=C(Nc2nc3cccc(C4=CC=C(OC)CC4)n3n2)C=C1. The van der Waals surface area contributed by atoms with Gasteiger partial charge >= 0.3 is 0 Å². The summed E-state index contributed by atoms with van der Waals surface area (Å²) in [5, 5.41) is 8.01. The Morgan fingerprint density at radius 3 is 2.83 bits per heavy atom. The Morgan fingerprint density at radius 1 is 1.17 bits per heavy atom. The van der Waals surface area contributed by atoms with Crippen LogP contribution in [0.3, 0.4) is 0 Å². The second kappa shape index (κ2) is 8.09. The zero-order chi connectivity index (χ0) is 20.3. The molecule has 2 aliphatic rings. The standard InChI is InChI=1S/C23H26N4O2/c1-4-29-23(2)15-6-7-18(14-16-23)24-22-25-21-9-5-8-20(27(21)26-22)17-10-12-19(28-3)13-11-17/h5-10,12,14-16H,4,11,13H2,1-3H3,(H,24,26). The third-order valence-electron chi connectivity index (χ3n) is 5.07. The Kier molecular flexibility index (Phi) is 5.36. The maximum Gasteiger partial charge on any atom is 0.247 e. The average molecular weight is 390 g/mol. The van der Waals surface area contributed by atoms with Crippen LogP contribution >= 0.6 is 0 Å². The van der Waals surface area contributed by atoms with Crippen molar-refractivity contribution < 1.29 is 9.47 Å². The van der Waals surface area contributed by atoms with Gasteiger partial charge in [-0.05, 0) is 68.4 Å². The molecule has 0 aliphatic heterocycles. The van der Waals surface area contributed by atoms with Crippen LogP contribution in [0, 0.1) is 0 Å². The number of hydrogen-bond acceptors (Lipinski definition) is 5. The number of anilines is 1. The Bertz CT molecular complexity index is 1060. The van der Waals surface area contributed by atoms with Gasteiger partial charge in [0.2, 0.25) is 5.95 Å². The van der Waals surface area contributed by atoms with Crippen molar-refractivity contribution in [1.29, 1.82) is 0 Å². The van der Waals surface area contributed by atoms with Crippen molar-refractivity contribution in [2.24, 2.45) is 0 Å². The Balaban J connectivity index is 1.59. The minimum Gasteiger partial charge on any atom is -0.501 e. The number of nitrogens with one attached hydrogen (secondary N) is 1. The molecule has 2 aromatic rings. The first-order valence-electron chi connectivity index (χ1n) is 9.90. The Hall–Kier alpha value is -3.12. The minimum absolute atomic E-state index is 0.407. The van der Waals surface area contributed by atoms with Crippen molar-refractivity contribution >= 4 is 17.2 Å². The van der Waals surface area contributed by atoms with Gasteiger partial charge in [-0.3, -0.25) is 0 Å². The summed E-state index contributed by atoms with van der Waals surface area (Å²) in [6.07, 6.45) is 16.0. The van der Waals surface area contributed by atoms with E-state index in [0.29, 0.717) is 12.6 Å². The molecule has 0 saturated carbocycles. The number of methoxy groups -OCH3 is 1. The Morgan fingerprint density at radius 2 is 2.07 bits per heavy atom. The number of nitrogens with zero attached hydrogens (tertiary/aromatic N) is 3. The van der Waals surface area contributed by atoms with E-state index in [2.05, 4.69) is 22.4 Å². The highest BCUT2D eigenvalue weighted by atomic mass is 16.5. The molecule has 4 rings (SSSR count). The van der Waals surface area contributed by atoms with E-state index in [1.54, 1.807) is 7.11 Å². The lowest BCUT2D eigenvalue weighted by Gasteiger charge is -2.21. The van der Waals surface area contributed by atoms with Gasteiger partial charge in [0.15, 0.2) is 5.65 Å². The summed E-state index contributed by atoms with van der Waals surface area (Å²) in [6, 6.07) is 6.05. The van der Waals surface area contributed by atoms with Crippen LogP contribution in [0.15, 0.2) is 72.2 Å². The van der Waals surface area contributed by atoms with E-state index in [1.165, 1.54) is 5.57 Å². The molecule has 6 nitrogen and oxygen atoms in total. The number of rotatable bonds is 6. The average Bonchev–Trinajstić information content (AvgIpc) is 3.05. The molecule has 29 heavy (non-hydrogen) atoms. The Labute approximate surface area is 170 Å². The van der Waals surface area contributed by atoms with E-state index >= 15 is 0 Å². The first kappa shape index (κ1) is 19.2. The summed E-state index contributed by atoms with van der Waals surface area (Å²) >= 11 is 0. The number of fused-ring (bicyclic) bond motifs is 1. The lowest BCUT2D eigenvalue weighted by atomic mass is 10.0.